The summed E-state index contributed by atoms with van der Waals surface area (Å²) in [5.74, 6) is -1.40. The maximum Gasteiger partial charge on any atom is 0.237 e. The van der Waals surface area contributed by atoms with Crippen LogP contribution in [0, 0.1) is 11.6 Å². The third-order valence-corrected chi connectivity index (χ3v) is 3.16. The standard InChI is InChI=1S/C13H16F2N2O2/c14-8-3-4-10(15)9(6-8)12(18)7-17-11-2-1-5-16-13(11)19/h3-4,6,11-12,17-18H,1-2,5,7H2,(H,16,19). The molecule has 1 amide bonds. The summed E-state index contributed by atoms with van der Waals surface area (Å²) >= 11 is 0. The van der Waals surface area contributed by atoms with Gasteiger partial charge in [0, 0.05) is 18.7 Å². The average Bonchev–Trinajstić information content (AvgIpc) is 2.40. The lowest BCUT2D eigenvalue weighted by Gasteiger charge is -2.24. The van der Waals surface area contributed by atoms with Crippen LogP contribution in [0.4, 0.5) is 8.78 Å². The summed E-state index contributed by atoms with van der Waals surface area (Å²) in [7, 11) is 0. The van der Waals surface area contributed by atoms with Gasteiger partial charge in [-0.25, -0.2) is 8.78 Å². The van der Waals surface area contributed by atoms with E-state index in [-0.39, 0.29) is 24.1 Å². The van der Waals surface area contributed by atoms with Crippen LogP contribution in [-0.4, -0.2) is 30.1 Å². The minimum atomic E-state index is -1.19. The van der Waals surface area contributed by atoms with Crippen LogP contribution in [-0.2, 0) is 4.79 Å². The average molecular weight is 270 g/mol. The molecule has 6 heteroatoms. The summed E-state index contributed by atoms with van der Waals surface area (Å²) in [4.78, 5) is 11.5. The smallest absolute Gasteiger partial charge is 0.237 e. The molecule has 0 spiro atoms. The van der Waals surface area contributed by atoms with E-state index in [2.05, 4.69) is 10.6 Å². The van der Waals surface area contributed by atoms with E-state index in [1.807, 2.05) is 0 Å². The van der Waals surface area contributed by atoms with Crippen LogP contribution >= 0.6 is 0 Å². The first kappa shape index (κ1) is 13.9. The van der Waals surface area contributed by atoms with Crippen LogP contribution in [0.15, 0.2) is 18.2 Å². The molecule has 3 N–H and O–H groups in total. The number of halogens is 2. The molecular formula is C13H16F2N2O2. The van der Waals surface area contributed by atoms with E-state index in [9.17, 15) is 18.7 Å². The van der Waals surface area contributed by atoms with Crippen molar-refractivity contribution in [2.24, 2.45) is 0 Å². The number of carbonyl (C=O) groups excluding carboxylic acids is 1. The van der Waals surface area contributed by atoms with Crippen LogP contribution in [0.3, 0.4) is 0 Å². The van der Waals surface area contributed by atoms with E-state index in [0.29, 0.717) is 13.0 Å². The van der Waals surface area contributed by atoms with Crippen molar-refractivity contribution in [2.75, 3.05) is 13.1 Å². The number of aliphatic hydroxyl groups excluding tert-OH is 1. The second-order valence-corrected chi connectivity index (χ2v) is 4.58. The highest BCUT2D eigenvalue weighted by atomic mass is 19.1. The topological polar surface area (TPSA) is 61.4 Å². The molecule has 1 aromatic rings. The highest BCUT2D eigenvalue weighted by Crippen LogP contribution is 2.18. The molecule has 2 unspecified atom stereocenters. The fraction of sp³-hybridized carbons (Fsp3) is 0.462. The fourth-order valence-corrected chi connectivity index (χ4v) is 2.10. The first-order chi connectivity index (χ1) is 9.08. The number of nitrogens with one attached hydrogen (secondary N) is 2. The van der Waals surface area contributed by atoms with Crippen molar-refractivity contribution in [3.8, 4) is 0 Å². The number of aliphatic hydroxyl groups is 1. The molecule has 0 bridgehead atoms. The minimum Gasteiger partial charge on any atom is -0.387 e. The molecule has 1 heterocycles. The van der Waals surface area contributed by atoms with Crippen molar-refractivity contribution in [1.82, 2.24) is 10.6 Å². The Balaban J connectivity index is 1.95. The Kier molecular flexibility index (Phi) is 4.44. The van der Waals surface area contributed by atoms with Gasteiger partial charge in [-0.1, -0.05) is 0 Å². The molecule has 2 atom stereocenters. The van der Waals surface area contributed by atoms with Crippen molar-refractivity contribution < 1.29 is 18.7 Å². The van der Waals surface area contributed by atoms with E-state index in [1.54, 1.807) is 0 Å². The highest BCUT2D eigenvalue weighted by molar-refractivity contribution is 5.82. The molecule has 19 heavy (non-hydrogen) atoms. The summed E-state index contributed by atoms with van der Waals surface area (Å²) in [5.41, 5.74) is -0.108. The van der Waals surface area contributed by atoms with Crippen LogP contribution in [0.1, 0.15) is 24.5 Å². The van der Waals surface area contributed by atoms with E-state index in [4.69, 9.17) is 0 Å². The zero-order valence-corrected chi connectivity index (χ0v) is 10.3. The Morgan fingerprint density at radius 3 is 3.00 bits per heavy atom. The van der Waals surface area contributed by atoms with Crippen molar-refractivity contribution in [3.05, 3.63) is 35.4 Å². The van der Waals surface area contributed by atoms with Gasteiger partial charge in [-0.3, -0.25) is 4.79 Å². The largest absolute Gasteiger partial charge is 0.387 e. The molecule has 4 nitrogen and oxygen atoms in total. The van der Waals surface area contributed by atoms with Crippen molar-refractivity contribution in [2.45, 2.75) is 25.0 Å². The predicted octanol–water partition coefficient (Wildman–Crippen LogP) is 0.866. The molecule has 104 valence electrons. The zero-order valence-electron chi connectivity index (χ0n) is 10.3. The quantitative estimate of drug-likeness (QED) is 0.760. The third kappa shape index (κ3) is 3.48. The molecule has 1 aliphatic rings. The second-order valence-electron chi connectivity index (χ2n) is 4.58. The Bertz CT molecular complexity index is 468. The Hall–Kier alpha value is -1.53. The van der Waals surface area contributed by atoms with Crippen LogP contribution < -0.4 is 10.6 Å². The lowest BCUT2D eigenvalue weighted by molar-refractivity contribution is -0.124. The third-order valence-electron chi connectivity index (χ3n) is 3.16. The number of piperidine rings is 1. The summed E-state index contributed by atoms with van der Waals surface area (Å²) < 4.78 is 26.4. The summed E-state index contributed by atoms with van der Waals surface area (Å²) in [5, 5.41) is 15.4. The van der Waals surface area contributed by atoms with Crippen LogP contribution in [0.2, 0.25) is 0 Å². The van der Waals surface area contributed by atoms with Gasteiger partial charge in [0.2, 0.25) is 5.91 Å². The first-order valence-electron chi connectivity index (χ1n) is 6.22. The molecule has 0 aromatic heterocycles. The maximum absolute atomic E-state index is 13.4. The molecule has 1 saturated heterocycles. The van der Waals surface area contributed by atoms with Gasteiger partial charge >= 0.3 is 0 Å². The normalized spacial score (nSPS) is 21.0. The number of rotatable bonds is 4. The number of carbonyl (C=O) groups is 1. The van der Waals surface area contributed by atoms with Gasteiger partial charge in [0.05, 0.1) is 12.1 Å². The molecule has 2 rings (SSSR count). The Morgan fingerprint density at radius 1 is 1.47 bits per heavy atom. The van der Waals surface area contributed by atoms with E-state index >= 15 is 0 Å². The number of amides is 1. The first-order valence-corrected chi connectivity index (χ1v) is 6.22. The van der Waals surface area contributed by atoms with Crippen molar-refractivity contribution >= 4 is 5.91 Å². The minimum absolute atomic E-state index is 0.00153. The fourth-order valence-electron chi connectivity index (χ4n) is 2.10. The van der Waals surface area contributed by atoms with Gasteiger partial charge in [0.15, 0.2) is 0 Å². The Morgan fingerprint density at radius 2 is 2.26 bits per heavy atom. The van der Waals surface area contributed by atoms with E-state index in [1.165, 1.54) is 0 Å². The van der Waals surface area contributed by atoms with Gasteiger partial charge in [-0.2, -0.15) is 0 Å². The van der Waals surface area contributed by atoms with Crippen LogP contribution in [0.5, 0.6) is 0 Å². The summed E-state index contributed by atoms with van der Waals surface area (Å²) in [6.45, 7) is 0.649. The van der Waals surface area contributed by atoms with Gasteiger partial charge in [-0.15, -0.1) is 0 Å². The SMILES string of the molecule is O=C1NCCCC1NCC(O)c1cc(F)ccc1F. The predicted molar refractivity (Wildman–Crippen MR) is 65.4 cm³/mol. The molecule has 0 radical (unpaired) electrons. The lowest BCUT2D eigenvalue weighted by atomic mass is 10.0. The lowest BCUT2D eigenvalue weighted by Crippen LogP contribution is -2.49. The molecular weight excluding hydrogens is 254 g/mol. The molecule has 0 aliphatic carbocycles. The summed E-state index contributed by atoms with van der Waals surface area (Å²) in [6.07, 6.45) is 0.336. The van der Waals surface area contributed by atoms with Gasteiger partial charge in [-0.05, 0) is 31.0 Å². The van der Waals surface area contributed by atoms with Crippen LogP contribution in [0.25, 0.3) is 0 Å². The summed E-state index contributed by atoms with van der Waals surface area (Å²) in [6, 6.07) is 2.54. The molecule has 1 aliphatic heterocycles. The van der Waals surface area contributed by atoms with Gasteiger partial charge < -0.3 is 15.7 Å². The molecule has 1 fully saturated rings. The maximum atomic E-state index is 13.4. The number of benzene rings is 1. The van der Waals surface area contributed by atoms with E-state index in [0.717, 1.165) is 24.6 Å². The molecule has 0 saturated carbocycles. The van der Waals surface area contributed by atoms with Gasteiger partial charge in [0.25, 0.3) is 0 Å². The monoisotopic (exact) mass is 270 g/mol. The van der Waals surface area contributed by atoms with E-state index < -0.39 is 17.7 Å². The highest BCUT2D eigenvalue weighted by Gasteiger charge is 2.23. The van der Waals surface area contributed by atoms with Gasteiger partial charge in [0.1, 0.15) is 11.6 Å². The van der Waals surface area contributed by atoms with Crippen molar-refractivity contribution in [3.63, 3.8) is 0 Å². The molecule has 1 aromatic carbocycles. The number of hydrogen-bond acceptors (Lipinski definition) is 3. The number of hydrogen-bond donors (Lipinski definition) is 3. The second kappa shape index (κ2) is 6.08. The van der Waals surface area contributed by atoms with Crippen molar-refractivity contribution in [1.29, 1.82) is 0 Å². The Labute approximate surface area is 109 Å². The zero-order chi connectivity index (χ0) is 13.8.